The number of rotatable bonds is 5. The molecule has 0 bridgehead atoms. The summed E-state index contributed by atoms with van der Waals surface area (Å²) in [4.78, 5) is 6.70. The van der Waals surface area contributed by atoms with Crippen molar-refractivity contribution in [2.75, 3.05) is 40.8 Å². The highest BCUT2D eigenvalue weighted by Gasteiger charge is 2.17. The van der Waals surface area contributed by atoms with E-state index in [4.69, 9.17) is 4.74 Å². The van der Waals surface area contributed by atoms with Gasteiger partial charge >= 0.3 is 0 Å². The molecule has 5 nitrogen and oxygen atoms in total. The van der Waals surface area contributed by atoms with Gasteiger partial charge in [-0.05, 0) is 50.0 Å². The number of nitrogens with zero attached hydrogens (tertiary/aromatic N) is 2. The molecule has 1 unspecified atom stereocenters. The summed E-state index contributed by atoms with van der Waals surface area (Å²) in [5.41, 5.74) is 1.18. The average Bonchev–Trinajstić information content (AvgIpc) is 2.55. The molecule has 1 aliphatic rings. The van der Waals surface area contributed by atoms with Crippen LogP contribution in [0.25, 0.3) is 0 Å². The molecule has 1 aliphatic heterocycles. The molecular formula is C17H28N4O. The zero-order chi connectivity index (χ0) is 15.8. The van der Waals surface area contributed by atoms with E-state index in [0.717, 1.165) is 24.8 Å². The Morgan fingerprint density at radius 2 is 2.27 bits per heavy atom. The van der Waals surface area contributed by atoms with Crippen molar-refractivity contribution < 1.29 is 4.74 Å². The van der Waals surface area contributed by atoms with Crippen molar-refractivity contribution in [2.45, 2.75) is 19.4 Å². The van der Waals surface area contributed by atoms with E-state index in [9.17, 15) is 0 Å². The van der Waals surface area contributed by atoms with E-state index in [1.54, 1.807) is 7.11 Å². The number of methoxy groups -OCH3 is 1. The van der Waals surface area contributed by atoms with Gasteiger partial charge in [0.1, 0.15) is 5.75 Å². The van der Waals surface area contributed by atoms with Crippen LogP contribution in [-0.2, 0) is 6.54 Å². The van der Waals surface area contributed by atoms with E-state index in [1.165, 1.54) is 31.5 Å². The third-order valence-corrected chi connectivity index (χ3v) is 4.10. The molecular weight excluding hydrogens is 276 g/mol. The lowest BCUT2D eigenvalue weighted by molar-refractivity contribution is 0.210. The number of ether oxygens (including phenoxy) is 1. The van der Waals surface area contributed by atoms with Crippen molar-refractivity contribution in [3.63, 3.8) is 0 Å². The third kappa shape index (κ3) is 5.22. The lowest BCUT2D eigenvalue weighted by atomic mass is 9.99. The molecule has 0 amide bonds. The van der Waals surface area contributed by atoms with E-state index in [2.05, 4.69) is 33.6 Å². The first-order valence-corrected chi connectivity index (χ1v) is 7.97. The first-order chi connectivity index (χ1) is 10.7. The number of likely N-dealkylation sites (tertiary alicyclic amines) is 1. The number of guanidine groups is 1. The van der Waals surface area contributed by atoms with E-state index < -0.39 is 0 Å². The van der Waals surface area contributed by atoms with Gasteiger partial charge in [-0.2, -0.15) is 0 Å². The van der Waals surface area contributed by atoms with Crippen LogP contribution in [0.5, 0.6) is 5.75 Å². The fourth-order valence-electron chi connectivity index (χ4n) is 2.87. The maximum atomic E-state index is 5.25. The normalized spacial score (nSPS) is 19.8. The highest BCUT2D eigenvalue weighted by molar-refractivity contribution is 5.79. The minimum Gasteiger partial charge on any atom is -0.497 e. The Kier molecular flexibility index (Phi) is 6.52. The fraction of sp³-hybridized carbons (Fsp3) is 0.588. The van der Waals surface area contributed by atoms with Crippen LogP contribution in [0.1, 0.15) is 18.4 Å². The van der Waals surface area contributed by atoms with Crippen LogP contribution in [0.3, 0.4) is 0 Å². The highest BCUT2D eigenvalue weighted by atomic mass is 16.5. The lowest BCUT2D eigenvalue weighted by Crippen LogP contribution is -2.43. The van der Waals surface area contributed by atoms with E-state index in [0.29, 0.717) is 5.92 Å². The van der Waals surface area contributed by atoms with E-state index in [1.807, 2.05) is 25.2 Å². The van der Waals surface area contributed by atoms with Gasteiger partial charge in [-0.25, -0.2) is 0 Å². The van der Waals surface area contributed by atoms with Crippen LogP contribution in [0.4, 0.5) is 0 Å². The minimum atomic E-state index is 0.703. The number of hydrogen-bond donors (Lipinski definition) is 2. The van der Waals surface area contributed by atoms with Gasteiger partial charge in [-0.3, -0.25) is 4.99 Å². The molecule has 122 valence electrons. The molecule has 5 heteroatoms. The molecule has 0 aliphatic carbocycles. The molecule has 1 atom stereocenters. The zero-order valence-electron chi connectivity index (χ0n) is 13.9. The topological polar surface area (TPSA) is 48.9 Å². The van der Waals surface area contributed by atoms with Gasteiger partial charge in [0.25, 0.3) is 0 Å². The summed E-state index contributed by atoms with van der Waals surface area (Å²) in [5, 5.41) is 6.80. The summed E-state index contributed by atoms with van der Waals surface area (Å²) in [6.45, 7) is 4.10. The first kappa shape index (κ1) is 16.6. The van der Waals surface area contributed by atoms with Crippen LogP contribution in [-0.4, -0.2) is 51.7 Å². The average molecular weight is 304 g/mol. The van der Waals surface area contributed by atoms with E-state index >= 15 is 0 Å². The van der Waals surface area contributed by atoms with Gasteiger partial charge in [0.05, 0.1) is 7.11 Å². The van der Waals surface area contributed by atoms with Gasteiger partial charge in [0.15, 0.2) is 5.96 Å². The summed E-state index contributed by atoms with van der Waals surface area (Å²) in [6.07, 6.45) is 2.59. The number of piperidine rings is 1. The Labute approximate surface area is 133 Å². The van der Waals surface area contributed by atoms with Crippen LogP contribution in [0.15, 0.2) is 29.3 Å². The van der Waals surface area contributed by atoms with Crippen molar-refractivity contribution in [1.29, 1.82) is 0 Å². The molecule has 2 rings (SSSR count). The standard InChI is InChI=1S/C17H28N4O/c1-18-17(20-12-15-7-5-9-21(2)13-15)19-11-14-6-4-8-16(10-14)22-3/h4,6,8,10,15H,5,7,9,11-13H2,1-3H3,(H2,18,19,20). The maximum Gasteiger partial charge on any atom is 0.191 e. The predicted molar refractivity (Wildman–Crippen MR) is 91.4 cm³/mol. The number of hydrogen-bond acceptors (Lipinski definition) is 3. The van der Waals surface area contributed by atoms with Crippen molar-refractivity contribution in [2.24, 2.45) is 10.9 Å². The predicted octanol–water partition coefficient (Wildman–Crippen LogP) is 1.70. The molecule has 1 saturated heterocycles. The monoisotopic (exact) mass is 304 g/mol. The quantitative estimate of drug-likeness (QED) is 0.642. The molecule has 0 saturated carbocycles. The fourth-order valence-corrected chi connectivity index (χ4v) is 2.87. The summed E-state index contributed by atoms with van der Waals surface area (Å²) < 4.78 is 5.25. The maximum absolute atomic E-state index is 5.25. The van der Waals surface area contributed by atoms with Crippen molar-refractivity contribution in [3.05, 3.63) is 29.8 Å². The smallest absolute Gasteiger partial charge is 0.191 e. The van der Waals surface area contributed by atoms with Crippen molar-refractivity contribution in [3.8, 4) is 5.75 Å². The van der Waals surface area contributed by atoms with Gasteiger partial charge < -0.3 is 20.3 Å². The second kappa shape index (κ2) is 8.63. The van der Waals surface area contributed by atoms with E-state index in [-0.39, 0.29) is 0 Å². The van der Waals surface area contributed by atoms with Crippen molar-refractivity contribution >= 4 is 5.96 Å². The summed E-state index contributed by atoms with van der Waals surface area (Å²) in [6, 6.07) is 8.08. The SMILES string of the molecule is CN=C(NCc1cccc(OC)c1)NCC1CCCN(C)C1. The Balaban J connectivity index is 1.77. The Morgan fingerprint density at radius 3 is 3.00 bits per heavy atom. The summed E-state index contributed by atoms with van der Waals surface area (Å²) in [5.74, 6) is 2.44. The lowest BCUT2D eigenvalue weighted by Gasteiger charge is -2.30. The summed E-state index contributed by atoms with van der Waals surface area (Å²) >= 11 is 0. The minimum absolute atomic E-state index is 0.703. The third-order valence-electron chi connectivity index (χ3n) is 4.10. The molecule has 0 aromatic heterocycles. The highest BCUT2D eigenvalue weighted by Crippen LogP contribution is 2.14. The number of nitrogens with one attached hydrogen (secondary N) is 2. The largest absolute Gasteiger partial charge is 0.497 e. The molecule has 1 aromatic carbocycles. The second-order valence-corrected chi connectivity index (χ2v) is 5.93. The Morgan fingerprint density at radius 1 is 1.41 bits per heavy atom. The Hall–Kier alpha value is -1.75. The van der Waals surface area contributed by atoms with Crippen LogP contribution in [0.2, 0.25) is 0 Å². The number of aliphatic imine (C=N–C) groups is 1. The van der Waals surface area contributed by atoms with Crippen LogP contribution >= 0.6 is 0 Å². The van der Waals surface area contributed by atoms with Crippen LogP contribution in [0, 0.1) is 5.92 Å². The number of benzene rings is 1. The molecule has 1 heterocycles. The zero-order valence-corrected chi connectivity index (χ0v) is 13.9. The van der Waals surface area contributed by atoms with Gasteiger partial charge in [-0.1, -0.05) is 12.1 Å². The van der Waals surface area contributed by atoms with Gasteiger partial charge in [-0.15, -0.1) is 0 Å². The molecule has 1 aromatic rings. The molecule has 0 radical (unpaired) electrons. The Bertz CT molecular complexity index is 489. The first-order valence-electron chi connectivity index (χ1n) is 7.97. The van der Waals surface area contributed by atoms with Crippen LogP contribution < -0.4 is 15.4 Å². The van der Waals surface area contributed by atoms with Gasteiger partial charge in [0.2, 0.25) is 0 Å². The van der Waals surface area contributed by atoms with Gasteiger partial charge in [0, 0.05) is 26.7 Å². The molecule has 2 N–H and O–H groups in total. The summed E-state index contributed by atoms with van der Waals surface area (Å²) in [7, 11) is 5.70. The second-order valence-electron chi connectivity index (χ2n) is 5.93. The molecule has 0 spiro atoms. The molecule has 22 heavy (non-hydrogen) atoms. The molecule has 1 fully saturated rings. The van der Waals surface area contributed by atoms with Crippen molar-refractivity contribution in [1.82, 2.24) is 15.5 Å².